The third kappa shape index (κ3) is 3.84. The SMILES string of the molecule is NNC(=O)c1cccc(COCCC2CC2)c1. The van der Waals surface area contributed by atoms with E-state index in [1.165, 1.54) is 12.8 Å². The Morgan fingerprint density at radius 3 is 3.00 bits per heavy atom. The van der Waals surface area contributed by atoms with Crippen molar-refractivity contribution in [2.45, 2.75) is 25.9 Å². The highest BCUT2D eigenvalue weighted by Gasteiger charge is 2.20. The summed E-state index contributed by atoms with van der Waals surface area (Å²) >= 11 is 0. The predicted molar refractivity (Wildman–Crippen MR) is 65.1 cm³/mol. The van der Waals surface area contributed by atoms with Gasteiger partial charge >= 0.3 is 0 Å². The fourth-order valence-corrected chi connectivity index (χ4v) is 1.73. The molecule has 0 saturated heterocycles. The van der Waals surface area contributed by atoms with Crippen molar-refractivity contribution in [3.05, 3.63) is 35.4 Å². The van der Waals surface area contributed by atoms with Gasteiger partial charge in [0.15, 0.2) is 0 Å². The summed E-state index contributed by atoms with van der Waals surface area (Å²) in [6.45, 7) is 1.36. The van der Waals surface area contributed by atoms with E-state index in [1.54, 1.807) is 12.1 Å². The first-order chi connectivity index (χ1) is 8.29. The number of hydrogen-bond donors (Lipinski definition) is 2. The number of carbonyl (C=O) groups is 1. The fourth-order valence-electron chi connectivity index (χ4n) is 1.73. The number of nitrogens with one attached hydrogen (secondary N) is 1. The van der Waals surface area contributed by atoms with Crippen LogP contribution >= 0.6 is 0 Å². The summed E-state index contributed by atoms with van der Waals surface area (Å²) in [5.74, 6) is 5.70. The molecule has 0 spiro atoms. The lowest BCUT2D eigenvalue weighted by Gasteiger charge is -2.05. The van der Waals surface area contributed by atoms with E-state index in [9.17, 15) is 4.79 Å². The van der Waals surface area contributed by atoms with Crippen molar-refractivity contribution in [3.8, 4) is 0 Å². The van der Waals surface area contributed by atoms with Crippen LogP contribution in [0.1, 0.15) is 35.2 Å². The van der Waals surface area contributed by atoms with Crippen molar-refractivity contribution in [2.24, 2.45) is 11.8 Å². The van der Waals surface area contributed by atoms with Crippen LogP contribution in [-0.4, -0.2) is 12.5 Å². The van der Waals surface area contributed by atoms with Gasteiger partial charge in [0.05, 0.1) is 6.61 Å². The van der Waals surface area contributed by atoms with Crippen molar-refractivity contribution in [2.75, 3.05) is 6.61 Å². The molecule has 4 nitrogen and oxygen atoms in total. The van der Waals surface area contributed by atoms with Crippen LogP contribution in [0.15, 0.2) is 24.3 Å². The number of benzene rings is 1. The molecule has 1 aromatic carbocycles. The lowest BCUT2D eigenvalue weighted by atomic mass is 10.1. The highest BCUT2D eigenvalue weighted by molar-refractivity contribution is 5.93. The van der Waals surface area contributed by atoms with E-state index in [2.05, 4.69) is 5.43 Å². The zero-order valence-electron chi connectivity index (χ0n) is 9.82. The number of amides is 1. The molecule has 4 heteroatoms. The molecule has 1 aliphatic carbocycles. The third-order valence-corrected chi connectivity index (χ3v) is 2.96. The van der Waals surface area contributed by atoms with Crippen LogP contribution in [0.4, 0.5) is 0 Å². The van der Waals surface area contributed by atoms with Gasteiger partial charge < -0.3 is 4.74 Å². The van der Waals surface area contributed by atoms with Crippen molar-refractivity contribution in [1.82, 2.24) is 5.43 Å². The number of ether oxygens (including phenoxy) is 1. The maximum atomic E-state index is 11.3. The van der Waals surface area contributed by atoms with E-state index in [0.29, 0.717) is 12.2 Å². The van der Waals surface area contributed by atoms with E-state index in [0.717, 1.165) is 24.5 Å². The summed E-state index contributed by atoms with van der Waals surface area (Å²) in [7, 11) is 0. The molecule has 0 atom stereocenters. The number of rotatable bonds is 6. The minimum atomic E-state index is -0.273. The van der Waals surface area contributed by atoms with Crippen LogP contribution < -0.4 is 11.3 Å². The van der Waals surface area contributed by atoms with E-state index in [-0.39, 0.29) is 5.91 Å². The van der Waals surface area contributed by atoms with E-state index in [4.69, 9.17) is 10.6 Å². The van der Waals surface area contributed by atoms with Gasteiger partial charge in [0.25, 0.3) is 5.91 Å². The average Bonchev–Trinajstić information content (AvgIpc) is 3.18. The Bertz CT molecular complexity index is 389. The van der Waals surface area contributed by atoms with Crippen LogP contribution in [0.25, 0.3) is 0 Å². The quantitative estimate of drug-likeness (QED) is 0.340. The number of carbonyl (C=O) groups excluding carboxylic acids is 1. The largest absolute Gasteiger partial charge is 0.377 e. The molecular formula is C13H18N2O2. The summed E-state index contributed by atoms with van der Waals surface area (Å²) in [5, 5.41) is 0. The van der Waals surface area contributed by atoms with Crippen LogP contribution in [0.2, 0.25) is 0 Å². The zero-order valence-corrected chi connectivity index (χ0v) is 9.82. The van der Waals surface area contributed by atoms with Gasteiger partial charge in [-0.1, -0.05) is 25.0 Å². The van der Waals surface area contributed by atoms with Gasteiger partial charge in [-0.05, 0) is 30.0 Å². The minimum absolute atomic E-state index is 0.273. The molecule has 3 N–H and O–H groups in total. The Kier molecular flexibility index (Phi) is 4.12. The third-order valence-electron chi connectivity index (χ3n) is 2.96. The maximum Gasteiger partial charge on any atom is 0.265 e. The average molecular weight is 234 g/mol. The van der Waals surface area contributed by atoms with Crippen LogP contribution in [0.5, 0.6) is 0 Å². The summed E-state index contributed by atoms with van der Waals surface area (Å²) < 4.78 is 5.58. The Labute approximate surface area is 101 Å². The summed E-state index contributed by atoms with van der Waals surface area (Å²) in [6, 6.07) is 7.32. The second-order valence-electron chi connectivity index (χ2n) is 4.46. The molecule has 92 valence electrons. The molecule has 1 saturated carbocycles. The normalized spacial score (nSPS) is 14.6. The maximum absolute atomic E-state index is 11.3. The molecule has 0 aromatic heterocycles. The Morgan fingerprint density at radius 2 is 2.29 bits per heavy atom. The molecule has 0 heterocycles. The number of nitrogen functional groups attached to an aromatic ring is 1. The van der Waals surface area contributed by atoms with Gasteiger partial charge in [-0.3, -0.25) is 10.2 Å². The van der Waals surface area contributed by atoms with Crippen molar-refractivity contribution < 1.29 is 9.53 Å². The van der Waals surface area contributed by atoms with E-state index in [1.807, 2.05) is 12.1 Å². The van der Waals surface area contributed by atoms with Gasteiger partial charge in [0.2, 0.25) is 0 Å². The summed E-state index contributed by atoms with van der Waals surface area (Å²) in [5.41, 5.74) is 3.69. The topological polar surface area (TPSA) is 64.3 Å². The number of hydrazine groups is 1. The molecule has 0 bridgehead atoms. The number of nitrogens with two attached hydrogens (primary N) is 1. The molecule has 0 unspecified atom stereocenters. The first kappa shape index (κ1) is 12.1. The van der Waals surface area contributed by atoms with Gasteiger partial charge in [-0.15, -0.1) is 0 Å². The first-order valence-electron chi connectivity index (χ1n) is 5.97. The van der Waals surface area contributed by atoms with Crippen LogP contribution in [-0.2, 0) is 11.3 Å². The molecular weight excluding hydrogens is 216 g/mol. The van der Waals surface area contributed by atoms with Gasteiger partial charge in [-0.2, -0.15) is 0 Å². The van der Waals surface area contributed by atoms with Gasteiger partial charge in [0, 0.05) is 12.2 Å². The summed E-state index contributed by atoms with van der Waals surface area (Å²) in [4.78, 5) is 11.3. The van der Waals surface area contributed by atoms with Crippen molar-refractivity contribution >= 4 is 5.91 Å². The summed E-state index contributed by atoms with van der Waals surface area (Å²) in [6.07, 6.45) is 3.87. The standard InChI is InChI=1S/C13H18N2O2/c14-15-13(16)12-3-1-2-11(8-12)9-17-7-6-10-4-5-10/h1-3,8,10H,4-7,9,14H2,(H,15,16). The van der Waals surface area contributed by atoms with Crippen LogP contribution in [0, 0.1) is 5.92 Å². The van der Waals surface area contributed by atoms with Crippen molar-refractivity contribution in [1.29, 1.82) is 0 Å². The Morgan fingerprint density at radius 1 is 1.47 bits per heavy atom. The second kappa shape index (κ2) is 5.80. The van der Waals surface area contributed by atoms with Gasteiger partial charge in [0.1, 0.15) is 0 Å². The second-order valence-corrected chi connectivity index (χ2v) is 4.46. The first-order valence-corrected chi connectivity index (χ1v) is 5.97. The molecule has 2 rings (SSSR count). The molecule has 17 heavy (non-hydrogen) atoms. The molecule has 1 aliphatic rings. The van der Waals surface area contributed by atoms with E-state index >= 15 is 0 Å². The Hall–Kier alpha value is -1.39. The molecule has 1 amide bonds. The lowest BCUT2D eigenvalue weighted by molar-refractivity contribution is 0.0952. The molecule has 0 radical (unpaired) electrons. The van der Waals surface area contributed by atoms with Crippen LogP contribution in [0.3, 0.4) is 0 Å². The van der Waals surface area contributed by atoms with E-state index < -0.39 is 0 Å². The predicted octanol–water partition coefficient (Wildman–Crippen LogP) is 1.61. The molecule has 1 fully saturated rings. The highest BCUT2D eigenvalue weighted by atomic mass is 16.5. The highest BCUT2D eigenvalue weighted by Crippen LogP contribution is 2.32. The van der Waals surface area contributed by atoms with Gasteiger partial charge in [-0.25, -0.2) is 5.84 Å². The molecule has 0 aliphatic heterocycles. The smallest absolute Gasteiger partial charge is 0.265 e. The van der Waals surface area contributed by atoms with Crippen molar-refractivity contribution in [3.63, 3.8) is 0 Å². The zero-order chi connectivity index (χ0) is 12.1. The number of hydrogen-bond acceptors (Lipinski definition) is 3. The Balaban J connectivity index is 1.80. The lowest BCUT2D eigenvalue weighted by Crippen LogP contribution is -2.29. The minimum Gasteiger partial charge on any atom is -0.377 e. The fraction of sp³-hybridized carbons (Fsp3) is 0.462. The monoisotopic (exact) mass is 234 g/mol. The molecule has 1 aromatic rings.